The molecule has 2 aliphatic rings. The predicted octanol–water partition coefficient (Wildman–Crippen LogP) is 2.63. The highest BCUT2D eigenvalue weighted by molar-refractivity contribution is 6.30. The molecule has 2 amide bonds. The number of hydrogen-bond acceptors (Lipinski definition) is 5. The average molecular weight is 378 g/mol. The SMILES string of the molecule is C[C@@H](C(=O)OCC(=O)c1ccc(Cl)cc1)N1C(=O)[C@H]2CCCC[C@@H]2C1=O. The van der Waals surface area contributed by atoms with Crippen molar-refractivity contribution in [2.45, 2.75) is 38.6 Å². The number of ketones is 1. The summed E-state index contributed by atoms with van der Waals surface area (Å²) in [5.74, 6) is -2.37. The maximum atomic E-state index is 12.5. The van der Waals surface area contributed by atoms with Gasteiger partial charge in [-0.3, -0.25) is 19.3 Å². The van der Waals surface area contributed by atoms with E-state index in [1.807, 2.05) is 0 Å². The van der Waals surface area contributed by atoms with Crippen LogP contribution in [0, 0.1) is 11.8 Å². The molecule has 0 unspecified atom stereocenters. The van der Waals surface area contributed by atoms with Gasteiger partial charge in [0.2, 0.25) is 11.8 Å². The molecule has 6 nitrogen and oxygen atoms in total. The molecule has 1 saturated carbocycles. The minimum absolute atomic E-state index is 0.298. The lowest BCUT2D eigenvalue weighted by Gasteiger charge is -2.21. The van der Waals surface area contributed by atoms with Crippen LogP contribution in [0.3, 0.4) is 0 Å². The van der Waals surface area contributed by atoms with Gasteiger partial charge in [0.15, 0.2) is 12.4 Å². The van der Waals surface area contributed by atoms with Crippen molar-refractivity contribution in [1.82, 2.24) is 4.90 Å². The third kappa shape index (κ3) is 3.51. The number of esters is 1. The van der Waals surface area contributed by atoms with E-state index >= 15 is 0 Å². The highest BCUT2D eigenvalue weighted by atomic mass is 35.5. The van der Waals surface area contributed by atoms with Gasteiger partial charge in [0.1, 0.15) is 6.04 Å². The van der Waals surface area contributed by atoms with Gasteiger partial charge in [-0.05, 0) is 44.0 Å². The van der Waals surface area contributed by atoms with Crippen LogP contribution >= 0.6 is 11.6 Å². The van der Waals surface area contributed by atoms with Crippen LogP contribution in [-0.2, 0) is 19.1 Å². The number of rotatable bonds is 5. The first kappa shape index (κ1) is 18.6. The monoisotopic (exact) mass is 377 g/mol. The summed E-state index contributed by atoms with van der Waals surface area (Å²) in [6.45, 7) is 1.01. The number of amides is 2. The summed E-state index contributed by atoms with van der Waals surface area (Å²) >= 11 is 5.77. The predicted molar refractivity (Wildman–Crippen MR) is 93.5 cm³/mol. The molecule has 1 aromatic rings. The van der Waals surface area contributed by atoms with Gasteiger partial charge in [-0.25, -0.2) is 4.79 Å². The molecule has 0 spiro atoms. The number of benzene rings is 1. The average Bonchev–Trinajstić information content (AvgIpc) is 2.90. The molecule has 2 fully saturated rings. The van der Waals surface area contributed by atoms with Gasteiger partial charge in [0, 0.05) is 10.6 Å². The van der Waals surface area contributed by atoms with Crippen LogP contribution in [0.2, 0.25) is 5.02 Å². The summed E-state index contributed by atoms with van der Waals surface area (Å²) in [5, 5.41) is 0.500. The molecule has 1 aliphatic carbocycles. The van der Waals surface area contributed by atoms with E-state index in [0.717, 1.165) is 17.7 Å². The Morgan fingerprint density at radius 2 is 1.65 bits per heavy atom. The van der Waals surface area contributed by atoms with Crippen LogP contribution in [0.25, 0.3) is 0 Å². The molecule has 1 heterocycles. The minimum Gasteiger partial charge on any atom is -0.456 e. The number of imide groups is 1. The smallest absolute Gasteiger partial charge is 0.329 e. The lowest BCUT2D eigenvalue weighted by Crippen LogP contribution is -2.44. The van der Waals surface area contributed by atoms with E-state index in [0.29, 0.717) is 23.4 Å². The zero-order chi connectivity index (χ0) is 18.8. The van der Waals surface area contributed by atoms with E-state index in [1.54, 1.807) is 24.3 Å². The number of fused-ring (bicyclic) bond motifs is 1. The van der Waals surface area contributed by atoms with E-state index in [2.05, 4.69) is 0 Å². The summed E-state index contributed by atoms with van der Waals surface area (Å²) in [4.78, 5) is 50.4. The Balaban J connectivity index is 1.61. The number of carbonyl (C=O) groups excluding carboxylic acids is 4. The first-order chi connectivity index (χ1) is 12.4. The van der Waals surface area contributed by atoms with Crippen LogP contribution in [0.4, 0.5) is 0 Å². The number of halogens is 1. The fourth-order valence-electron chi connectivity index (χ4n) is 3.65. The number of ether oxygens (including phenoxy) is 1. The molecule has 1 saturated heterocycles. The lowest BCUT2D eigenvalue weighted by atomic mass is 9.81. The van der Waals surface area contributed by atoms with Gasteiger partial charge in [0.05, 0.1) is 11.8 Å². The molecule has 138 valence electrons. The first-order valence-electron chi connectivity index (χ1n) is 8.72. The molecule has 0 radical (unpaired) electrons. The third-order valence-corrected chi connectivity index (χ3v) is 5.37. The number of hydrogen-bond donors (Lipinski definition) is 0. The fourth-order valence-corrected chi connectivity index (χ4v) is 3.78. The van der Waals surface area contributed by atoms with Crippen molar-refractivity contribution >= 4 is 35.2 Å². The molecule has 0 aromatic heterocycles. The number of Topliss-reactive ketones (excluding diaryl/α,β-unsaturated/α-hetero) is 1. The Morgan fingerprint density at radius 3 is 2.19 bits per heavy atom. The van der Waals surface area contributed by atoms with E-state index in [9.17, 15) is 19.2 Å². The van der Waals surface area contributed by atoms with E-state index in [1.165, 1.54) is 6.92 Å². The van der Waals surface area contributed by atoms with Crippen molar-refractivity contribution in [1.29, 1.82) is 0 Å². The largest absolute Gasteiger partial charge is 0.456 e. The molecular weight excluding hydrogens is 358 g/mol. The molecule has 3 atom stereocenters. The fraction of sp³-hybridized carbons (Fsp3) is 0.474. The number of carbonyl (C=O) groups is 4. The van der Waals surface area contributed by atoms with E-state index in [-0.39, 0.29) is 29.4 Å². The molecule has 1 aromatic carbocycles. The quantitative estimate of drug-likeness (QED) is 0.447. The molecular formula is C19H20ClNO5. The van der Waals surface area contributed by atoms with Crippen molar-refractivity contribution in [3.63, 3.8) is 0 Å². The van der Waals surface area contributed by atoms with Crippen LogP contribution in [0.5, 0.6) is 0 Å². The summed E-state index contributed by atoms with van der Waals surface area (Å²) in [5.41, 5.74) is 0.370. The zero-order valence-corrected chi connectivity index (χ0v) is 15.2. The van der Waals surface area contributed by atoms with Crippen molar-refractivity contribution in [3.05, 3.63) is 34.9 Å². The van der Waals surface area contributed by atoms with Crippen LogP contribution in [0.1, 0.15) is 43.0 Å². The Bertz CT molecular complexity index is 721. The molecule has 1 aliphatic heterocycles. The second-order valence-corrected chi connectivity index (χ2v) is 7.19. The summed E-state index contributed by atoms with van der Waals surface area (Å²) in [6.07, 6.45) is 3.20. The van der Waals surface area contributed by atoms with Gasteiger partial charge in [-0.1, -0.05) is 24.4 Å². The lowest BCUT2D eigenvalue weighted by molar-refractivity contribution is -0.157. The highest BCUT2D eigenvalue weighted by Gasteiger charge is 2.51. The van der Waals surface area contributed by atoms with Gasteiger partial charge in [-0.15, -0.1) is 0 Å². The number of nitrogens with zero attached hydrogens (tertiary/aromatic N) is 1. The Morgan fingerprint density at radius 1 is 1.12 bits per heavy atom. The van der Waals surface area contributed by atoms with Crippen molar-refractivity contribution < 1.29 is 23.9 Å². The van der Waals surface area contributed by atoms with Gasteiger partial charge in [-0.2, -0.15) is 0 Å². The Kier molecular flexibility index (Phi) is 5.41. The van der Waals surface area contributed by atoms with Crippen molar-refractivity contribution in [2.24, 2.45) is 11.8 Å². The standard InChI is InChI=1S/C19H20ClNO5/c1-11(21-17(23)14-4-2-3-5-15(14)18(21)24)19(25)26-10-16(22)12-6-8-13(20)9-7-12/h6-9,11,14-15H,2-5,10H2,1H3/t11-,14-,15-/m0/s1. The van der Waals surface area contributed by atoms with Gasteiger partial charge >= 0.3 is 5.97 Å². The molecule has 7 heteroatoms. The highest BCUT2D eigenvalue weighted by Crippen LogP contribution is 2.38. The number of likely N-dealkylation sites (tertiary alicyclic amines) is 1. The molecule has 0 bridgehead atoms. The summed E-state index contributed by atoms with van der Waals surface area (Å²) in [7, 11) is 0. The van der Waals surface area contributed by atoms with Crippen LogP contribution in [0.15, 0.2) is 24.3 Å². The molecule has 0 N–H and O–H groups in total. The second-order valence-electron chi connectivity index (χ2n) is 6.76. The molecule has 3 rings (SSSR count). The van der Waals surface area contributed by atoms with Crippen molar-refractivity contribution in [3.8, 4) is 0 Å². The topological polar surface area (TPSA) is 80.8 Å². The Labute approximate surface area is 156 Å². The normalized spacial score (nSPS) is 23.5. The minimum atomic E-state index is -1.03. The second kappa shape index (κ2) is 7.58. The maximum absolute atomic E-state index is 12.5. The van der Waals surface area contributed by atoms with Crippen molar-refractivity contribution in [2.75, 3.05) is 6.61 Å². The van der Waals surface area contributed by atoms with Gasteiger partial charge in [0.25, 0.3) is 0 Å². The van der Waals surface area contributed by atoms with Gasteiger partial charge < -0.3 is 4.74 Å². The zero-order valence-electron chi connectivity index (χ0n) is 14.4. The Hall–Kier alpha value is -2.21. The summed E-state index contributed by atoms with van der Waals surface area (Å²) < 4.78 is 5.05. The molecule has 26 heavy (non-hydrogen) atoms. The van der Waals surface area contributed by atoms with Crippen LogP contribution in [-0.4, -0.2) is 41.1 Å². The van der Waals surface area contributed by atoms with E-state index in [4.69, 9.17) is 16.3 Å². The third-order valence-electron chi connectivity index (χ3n) is 5.12. The maximum Gasteiger partial charge on any atom is 0.329 e. The summed E-state index contributed by atoms with van der Waals surface area (Å²) in [6, 6.07) is 5.20. The van der Waals surface area contributed by atoms with E-state index < -0.39 is 18.6 Å². The van der Waals surface area contributed by atoms with Crippen LogP contribution < -0.4 is 0 Å². The first-order valence-corrected chi connectivity index (χ1v) is 9.10.